The molecule has 2 aromatic rings. The van der Waals surface area contributed by atoms with E-state index in [9.17, 15) is 9.59 Å². The summed E-state index contributed by atoms with van der Waals surface area (Å²) in [6, 6.07) is 14.4. The van der Waals surface area contributed by atoms with Crippen LogP contribution in [-0.2, 0) is 16.1 Å². The highest BCUT2D eigenvalue weighted by Gasteiger charge is 2.26. The third-order valence-electron chi connectivity index (χ3n) is 4.27. The lowest BCUT2D eigenvalue weighted by molar-refractivity contribution is -0.142. The maximum absolute atomic E-state index is 12.8. The highest BCUT2D eigenvalue weighted by molar-refractivity contribution is 5.87. The van der Waals surface area contributed by atoms with Gasteiger partial charge in [-0.3, -0.25) is 9.59 Å². The largest absolute Gasteiger partial charge is 0.493 e. The predicted molar refractivity (Wildman–Crippen MR) is 104 cm³/mol. The minimum atomic E-state index is -0.621. The Kier molecular flexibility index (Phi) is 7.23. The maximum atomic E-state index is 12.8. The average Bonchev–Trinajstić information content (AvgIpc) is 2.69. The van der Waals surface area contributed by atoms with Crippen LogP contribution >= 0.6 is 0 Å². The summed E-state index contributed by atoms with van der Waals surface area (Å²) in [5.74, 6) is 0.526. The molecule has 0 fully saturated rings. The fourth-order valence-electron chi connectivity index (χ4n) is 2.76. The fraction of sp³-hybridized carbons (Fsp3) is 0.333. The van der Waals surface area contributed by atoms with Crippen molar-refractivity contribution < 1.29 is 19.1 Å². The second kappa shape index (κ2) is 9.62. The minimum absolute atomic E-state index is 0.187. The number of benzene rings is 2. The molecule has 0 saturated heterocycles. The first kappa shape index (κ1) is 20.3. The Hall–Kier alpha value is -3.02. The van der Waals surface area contributed by atoms with E-state index >= 15 is 0 Å². The van der Waals surface area contributed by atoms with Gasteiger partial charge in [0.2, 0.25) is 5.91 Å². The SMILES string of the molecule is CNC(=O)[C@@H](C)N(Cc1cccc(C)c1)C(=O)COc1ccccc1OC. The lowest BCUT2D eigenvalue weighted by atomic mass is 10.1. The summed E-state index contributed by atoms with van der Waals surface area (Å²) in [7, 11) is 3.10. The third-order valence-corrected chi connectivity index (χ3v) is 4.27. The zero-order valence-electron chi connectivity index (χ0n) is 16.2. The molecule has 0 saturated carbocycles. The van der Waals surface area contributed by atoms with E-state index in [0.717, 1.165) is 11.1 Å². The van der Waals surface area contributed by atoms with E-state index in [2.05, 4.69) is 5.32 Å². The first-order chi connectivity index (χ1) is 13.0. The van der Waals surface area contributed by atoms with E-state index in [1.54, 1.807) is 39.3 Å². The van der Waals surface area contributed by atoms with Crippen molar-refractivity contribution in [2.75, 3.05) is 20.8 Å². The number of hydrogen-bond acceptors (Lipinski definition) is 4. The number of carbonyl (C=O) groups excluding carboxylic acids is 2. The van der Waals surface area contributed by atoms with Crippen LogP contribution in [0.4, 0.5) is 0 Å². The molecule has 0 unspecified atom stereocenters. The molecule has 2 amide bonds. The third kappa shape index (κ3) is 5.48. The van der Waals surface area contributed by atoms with Gasteiger partial charge in [0.05, 0.1) is 7.11 Å². The highest BCUT2D eigenvalue weighted by atomic mass is 16.5. The zero-order chi connectivity index (χ0) is 19.8. The van der Waals surface area contributed by atoms with Crippen molar-refractivity contribution in [2.24, 2.45) is 0 Å². The summed E-state index contributed by atoms with van der Waals surface area (Å²) < 4.78 is 10.9. The first-order valence-electron chi connectivity index (χ1n) is 8.78. The van der Waals surface area contributed by atoms with Gasteiger partial charge in [-0.15, -0.1) is 0 Å². The van der Waals surface area contributed by atoms with E-state index in [-0.39, 0.29) is 18.4 Å². The highest BCUT2D eigenvalue weighted by Crippen LogP contribution is 2.25. The van der Waals surface area contributed by atoms with Crippen LogP contribution in [0.5, 0.6) is 11.5 Å². The molecule has 0 heterocycles. The summed E-state index contributed by atoms with van der Waals surface area (Å²) in [5.41, 5.74) is 2.05. The molecule has 1 N–H and O–H groups in total. The summed E-state index contributed by atoms with van der Waals surface area (Å²) in [6.07, 6.45) is 0. The second-order valence-electron chi connectivity index (χ2n) is 6.24. The Balaban J connectivity index is 2.16. The Morgan fingerprint density at radius 2 is 1.81 bits per heavy atom. The summed E-state index contributed by atoms with van der Waals surface area (Å²) in [5, 5.41) is 2.60. The van der Waals surface area contributed by atoms with Gasteiger partial charge in [-0.1, -0.05) is 42.0 Å². The number of likely N-dealkylation sites (N-methyl/N-ethyl adjacent to an activating group) is 1. The van der Waals surface area contributed by atoms with Gasteiger partial charge in [-0.05, 0) is 31.5 Å². The number of amides is 2. The average molecular weight is 370 g/mol. The molecule has 27 heavy (non-hydrogen) atoms. The van der Waals surface area contributed by atoms with Crippen LogP contribution < -0.4 is 14.8 Å². The van der Waals surface area contributed by atoms with Crippen molar-refractivity contribution in [3.05, 3.63) is 59.7 Å². The zero-order valence-corrected chi connectivity index (χ0v) is 16.2. The fourth-order valence-corrected chi connectivity index (χ4v) is 2.76. The van der Waals surface area contributed by atoms with Crippen LogP contribution in [0.25, 0.3) is 0 Å². The predicted octanol–water partition coefficient (Wildman–Crippen LogP) is 2.55. The van der Waals surface area contributed by atoms with Crippen LogP contribution in [0.2, 0.25) is 0 Å². The van der Waals surface area contributed by atoms with Gasteiger partial charge in [-0.2, -0.15) is 0 Å². The van der Waals surface area contributed by atoms with E-state index < -0.39 is 6.04 Å². The Morgan fingerprint density at radius 1 is 1.11 bits per heavy atom. The van der Waals surface area contributed by atoms with Crippen LogP contribution in [0.15, 0.2) is 48.5 Å². The number of aryl methyl sites for hydroxylation is 1. The number of hydrogen-bond donors (Lipinski definition) is 1. The maximum Gasteiger partial charge on any atom is 0.261 e. The lowest BCUT2D eigenvalue weighted by Crippen LogP contribution is -2.48. The molecule has 0 radical (unpaired) electrons. The van der Waals surface area contributed by atoms with E-state index in [0.29, 0.717) is 18.0 Å². The van der Waals surface area contributed by atoms with E-state index in [4.69, 9.17) is 9.47 Å². The number of nitrogens with one attached hydrogen (secondary N) is 1. The van der Waals surface area contributed by atoms with Gasteiger partial charge >= 0.3 is 0 Å². The van der Waals surface area contributed by atoms with Crippen LogP contribution in [0.1, 0.15) is 18.1 Å². The monoisotopic (exact) mass is 370 g/mol. The van der Waals surface area contributed by atoms with Gasteiger partial charge in [0.1, 0.15) is 6.04 Å². The topological polar surface area (TPSA) is 67.9 Å². The summed E-state index contributed by atoms with van der Waals surface area (Å²) >= 11 is 0. The molecule has 0 bridgehead atoms. The summed E-state index contributed by atoms with van der Waals surface area (Å²) in [6.45, 7) is 3.83. The van der Waals surface area contributed by atoms with Crippen LogP contribution in [-0.4, -0.2) is 43.5 Å². The lowest BCUT2D eigenvalue weighted by Gasteiger charge is -2.28. The van der Waals surface area contributed by atoms with Crippen LogP contribution in [0.3, 0.4) is 0 Å². The quantitative estimate of drug-likeness (QED) is 0.775. The molecule has 0 aromatic heterocycles. The number of ether oxygens (including phenoxy) is 2. The van der Waals surface area contributed by atoms with Crippen molar-refractivity contribution in [3.8, 4) is 11.5 Å². The molecule has 2 rings (SSSR count). The number of para-hydroxylation sites is 2. The molecule has 0 aliphatic rings. The number of carbonyl (C=O) groups is 2. The van der Waals surface area contributed by atoms with Gasteiger partial charge in [-0.25, -0.2) is 0 Å². The Labute approximate surface area is 160 Å². The van der Waals surface area contributed by atoms with E-state index in [1.807, 2.05) is 37.3 Å². The smallest absolute Gasteiger partial charge is 0.261 e. The van der Waals surface area contributed by atoms with Gasteiger partial charge in [0, 0.05) is 13.6 Å². The molecule has 1 atom stereocenters. The number of nitrogens with zero attached hydrogens (tertiary/aromatic N) is 1. The van der Waals surface area contributed by atoms with Crippen molar-refractivity contribution in [1.29, 1.82) is 0 Å². The van der Waals surface area contributed by atoms with Gasteiger partial charge in [0.25, 0.3) is 5.91 Å². The van der Waals surface area contributed by atoms with Gasteiger partial charge in [0.15, 0.2) is 18.1 Å². The summed E-state index contributed by atoms with van der Waals surface area (Å²) in [4.78, 5) is 26.5. The molecule has 0 spiro atoms. The molecule has 2 aromatic carbocycles. The molecular weight excluding hydrogens is 344 g/mol. The van der Waals surface area contributed by atoms with Crippen molar-refractivity contribution in [1.82, 2.24) is 10.2 Å². The molecule has 6 nitrogen and oxygen atoms in total. The second-order valence-corrected chi connectivity index (χ2v) is 6.24. The number of methoxy groups -OCH3 is 1. The van der Waals surface area contributed by atoms with Crippen molar-refractivity contribution in [2.45, 2.75) is 26.4 Å². The number of rotatable bonds is 8. The van der Waals surface area contributed by atoms with Crippen molar-refractivity contribution in [3.63, 3.8) is 0 Å². The molecule has 0 aliphatic heterocycles. The normalized spacial score (nSPS) is 11.4. The molecular formula is C21H26N2O4. The van der Waals surface area contributed by atoms with E-state index in [1.165, 1.54) is 4.90 Å². The Bertz CT molecular complexity index is 791. The molecule has 144 valence electrons. The standard InChI is InChI=1S/C21H26N2O4/c1-15-8-7-9-17(12-15)13-23(16(2)21(25)22-3)20(24)14-27-19-11-6-5-10-18(19)26-4/h5-12,16H,13-14H2,1-4H3,(H,22,25)/t16-/m1/s1. The Morgan fingerprint density at radius 3 is 2.44 bits per heavy atom. The molecule has 6 heteroatoms. The minimum Gasteiger partial charge on any atom is -0.493 e. The van der Waals surface area contributed by atoms with Crippen molar-refractivity contribution >= 4 is 11.8 Å². The van der Waals surface area contributed by atoms with Crippen LogP contribution in [0, 0.1) is 6.92 Å². The first-order valence-corrected chi connectivity index (χ1v) is 8.78. The molecule has 0 aliphatic carbocycles. The van der Waals surface area contributed by atoms with Gasteiger partial charge < -0.3 is 19.7 Å².